The minimum atomic E-state index is -0.327. The van der Waals surface area contributed by atoms with Gasteiger partial charge in [0.15, 0.2) is 0 Å². The van der Waals surface area contributed by atoms with E-state index in [1.54, 1.807) is 0 Å². The standard InChI is InChI=1S/C7H14O4/c1-2-3-5-8-10-7-4-6-9-11-7/h7H,2-6H2,1H3. The zero-order valence-corrected chi connectivity index (χ0v) is 6.75. The predicted octanol–water partition coefficient (Wildman–Crippen LogP) is 1.41. The van der Waals surface area contributed by atoms with Crippen LogP contribution in [0.2, 0.25) is 0 Å². The Bertz CT molecular complexity index is 90.4. The molecule has 0 aliphatic carbocycles. The number of unbranched alkanes of at least 4 members (excludes halogenated alkanes) is 1. The van der Waals surface area contributed by atoms with Gasteiger partial charge in [0.2, 0.25) is 6.29 Å². The van der Waals surface area contributed by atoms with E-state index in [2.05, 4.69) is 16.7 Å². The predicted molar refractivity (Wildman–Crippen MR) is 37.4 cm³/mol. The normalized spacial score (nSPS) is 24.3. The van der Waals surface area contributed by atoms with Crippen LogP contribution in [0, 0.1) is 0 Å². The van der Waals surface area contributed by atoms with Gasteiger partial charge in [-0.1, -0.05) is 13.3 Å². The van der Waals surface area contributed by atoms with Crippen molar-refractivity contribution in [1.29, 1.82) is 0 Å². The van der Waals surface area contributed by atoms with E-state index < -0.39 is 0 Å². The molecule has 0 amide bonds. The van der Waals surface area contributed by atoms with Crippen LogP contribution >= 0.6 is 0 Å². The van der Waals surface area contributed by atoms with Crippen molar-refractivity contribution >= 4 is 0 Å². The first kappa shape index (κ1) is 8.93. The highest BCUT2D eigenvalue weighted by Gasteiger charge is 2.18. The van der Waals surface area contributed by atoms with Crippen LogP contribution in [0.3, 0.4) is 0 Å². The quantitative estimate of drug-likeness (QED) is 0.348. The molecule has 0 saturated carbocycles. The fourth-order valence-electron chi connectivity index (χ4n) is 0.708. The maximum atomic E-state index is 4.86. The molecule has 66 valence electrons. The highest BCUT2D eigenvalue weighted by Crippen LogP contribution is 2.10. The Balaban J connectivity index is 1.86. The van der Waals surface area contributed by atoms with Crippen LogP contribution < -0.4 is 0 Å². The lowest BCUT2D eigenvalue weighted by Gasteiger charge is -2.06. The fraction of sp³-hybridized carbons (Fsp3) is 1.00. The van der Waals surface area contributed by atoms with Crippen LogP contribution in [0.15, 0.2) is 0 Å². The third-order valence-corrected chi connectivity index (χ3v) is 1.37. The van der Waals surface area contributed by atoms with E-state index in [0.29, 0.717) is 13.2 Å². The van der Waals surface area contributed by atoms with Gasteiger partial charge < -0.3 is 0 Å². The van der Waals surface area contributed by atoms with Gasteiger partial charge in [-0.2, -0.15) is 0 Å². The Kier molecular flexibility index (Phi) is 4.45. The summed E-state index contributed by atoms with van der Waals surface area (Å²) < 4.78 is 0. The lowest BCUT2D eigenvalue weighted by Crippen LogP contribution is -2.11. The first-order valence-electron chi connectivity index (χ1n) is 4.00. The summed E-state index contributed by atoms with van der Waals surface area (Å²) in [5, 5.41) is 0. The monoisotopic (exact) mass is 162 g/mol. The zero-order chi connectivity index (χ0) is 7.94. The van der Waals surface area contributed by atoms with Crippen molar-refractivity contribution in [3.63, 3.8) is 0 Å². The van der Waals surface area contributed by atoms with Gasteiger partial charge in [0.25, 0.3) is 0 Å². The Morgan fingerprint density at radius 1 is 1.55 bits per heavy atom. The Morgan fingerprint density at radius 3 is 3.09 bits per heavy atom. The second-order valence-electron chi connectivity index (χ2n) is 2.41. The van der Waals surface area contributed by atoms with Gasteiger partial charge in [0.05, 0.1) is 13.2 Å². The van der Waals surface area contributed by atoms with E-state index in [1.165, 1.54) is 0 Å². The molecule has 0 radical (unpaired) electrons. The molecule has 0 N–H and O–H groups in total. The van der Waals surface area contributed by atoms with Crippen molar-refractivity contribution in [2.24, 2.45) is 0 Å². The summed E-state index contributed by atoms with van der Waals surface area (Å²) in [5.74, 6) is 0. The molecule has 1 fully saturated rings. The van der Waals surface area contributed by atoms with Gasteiger partial charge in [-0.25, -0.2) is 19.6 Å². The molecule has 1 atom stereocenters. The number of hydrogen-bond acceptors (Lipinski definition) is 4. The van der Waals surface area contributed by atoms with Crippen LogP contribution in [0.25, 0.3) is 0 Å². The molecule has 11 heavy (non-hydrogen) atoms. The van der Waals surface area contributed by atoms with E-state index in [1.807, 2.05) is 0 Å². The molecule has 0 bridgehead atoms. The van der Waals surface area contributed by atoms with Crippen LogP contribution in [0.1, 0.15) is 26.2 Å². The second-order valence-corrected chi connectivity index (χ2v) is 2.41. The Morgan fingerprint density at radius 2 is 2.45 bits per heavy atom. The molecule has 1 rings (SSSR count). The molecule has 1 unspecified atom stereocenters. The second kappa shape index (κ2) is 5.49. The summed E-state index contributed by atoms with van der Waals surface area (Å²) >= 11 is 0. The molecule has 4 heteroatoms. The Hall–Kier alpha value is -0.160. The van der Waals surface area contributed by atoms with Crippen LogP contribution in [0.4, 0.5) is 0 Å². The molecular weight excluding hydrogens is 148 g/mol. The van der Waals surface area contributed by atoms with Crippen LogP contribution in [-0.4, -0.2) is 19.5 Å². The third kappa shape index (κ3) is 3.67. The highest BCUT2D eigenvalue weighted by atomic mass is 17.3. The minimum absolute atomic E-state index is 0.327. The Labute approximate surface area is 66.2 Å². The number of rotatable bonds is 5. The summed E-state index contributed by atoms with van der Waals surface area (Å²) in [6.45, 7) is 3.30. The van der Waals surface area contributed by atoms with Crippen LogP contribution in [-0.2, 0) is 19.6 Å². The van der Waals surface area contributed by atoms with E-state index in [9.17, 15) is 0 Å². The van der Waals surface area contributed by atoms with E-state index in [0.717, 1.165) is 19.3 Å². The summed E-state index contributed by atoms with van der Waals surface area (Å²) in [7, 11) is 0. The van der Waals surface area contributed by atoms with Gasteiger partial charge in [0.1, 0.15) is 0 Å². The largest absolute Gasteiger partial charge is 0.234 e. The molecule has 4 nitrogen and oxygen atoms in total. The van der Waals surface area contributed by atoms with E-state index >= 15 is 0 Å². The van der Waals surface area contributed by atoms with Crippen molar-refractivity contribution in [3.05, 3.63) is 0 Å². The molecule has 0 spiro atoms. The van der Waals surface area contributed by atoms with Gasteiger partial charge in [-0.15, -0.1) is 0 Å². The summed E-state index contributed by atoms with van der Waals surface area (Å²) in [6, 6.07) is 0. The molecule has 1 aliphatic rings. The van der Waals surface area contributed by atoms with Crippen molar-refractivity contribution in [1.82, 2.24) is 0 Å². The lowest BCUT2D eigenvalue weighted by molar-refractivity contribution is -0.429. The molecule has 0 aromatic rings. The minimum Gasteiger partial charge on any atom is -0.234 e. The molecule has 0 aromatic heterocycles. The first-order chi connectivity index (χ1) is 5.43. The molecule has 1 saturated heterocycles. The van der Waals surface area contributed by atoms with E-state index in [4.69, 9.17) is 9.78 Å². The number of hydrogen-bond donors (Lipinski definition) is 0. The van der Waals surface area contributed by atoms with Crippen molar-refractivity contribution in [2.45, 2.75) is 32.5 Å². The summed E-state index contributed by atoms with van der Waals surface area (Å²) in [4.78, 5) is 19.0. The van der Waals surface area contributed by atoms with Crippen molar-refractivity contribution in [2.75, 3.05) is 13.2 Å². The zero-order valence-electron chi connectivity index (χ0n) is 6.75. The molecule has 1 heterocycles. The molecule has 1 aliphatic heterocycles. The summed E-state index contributed by atoms with van der Waals surface area (Å²) in [6.07, 6.45) is 2.53. The van der Waals surface area contributed by atoms with Gasteiger partial charge in [0, 0.05) is 6.42 Å². The van der Waals surface area contributed by atoms with Gasteiger partial charge in [-0.05, 0) is 6.42 Å². The van der Waals surface area contributed by atoms with Crippen molar-refractivity contribution in [3.8, 4) is 0 Å². The lowest BCUT2D eigenvalue weighted by atomic mass is 10.4. The van der Waals surface area contributed by atoms with E-state index in [-0.39, 0.29) is 6.29 Å². The SMILES string of the molecule is CCCCOOC1CCOO1. The average Bonchev–Trinajstić information content (AvgIpc) is 2.50. The summed E-state index contributed by atoms with van der Waals surface area (Å²) in [5.41, 5.74) is 0. The maximum Gasteiger partial charge on any atom is 0.226 e. The third-order valence-electron chi connectivity index (χ3n) is 1.37. The molecule has 0 aromatic carbocycles. The fourth-order valence-corrected chi connectivity index (χ4v) is 0.708. The average molecular weight is 162 g/mol. The maximum absolute atomic E-state index is 4.86. The topological polar surface area (TPSA) is 36.9 Å². The van der Waals surface area contributed by atoms with Crippen molar-refractivity contribution < 1.29 is 19.6 Å². The van der Waals surface area contributed by atoms with Gasteiger partial charge >= 0.3 is 0 Å². The van der Waals surface area contributed by atoms with Crippen LogP contribution in [0.5, 0.6) is 0 Å². The van der Waals surface area contributed by atoms with Gasteiger partial charge in [-0.3, -0.25) is 0 Å². The highest BCUT2D eigenvalue weighted by molar-refractivity contribution is 4.42. The smallest absolute Gasteiger partial charge is 0.226 e. The molecular formula is C7H14O4. The first-order valence-corrected chi connectivity index (χ1v) is 4.00.